The van der Waals surface area contributed by atoms with Crippen LogP contribution in [0.3, 0.4) is 0 Å². The Kier molecular flexibility index (Phi) is 5.03. The van der Waals surface area contributed by atoms with Gasteiger partial charge in [-0.05, 0) is 30.5 Å². The maximum atomic E-state index is 13.5. The number of carbonyl (C=O) groups excluding carboxylic acids is 2. The van der Waals surface area contributed by atoms with Crippen molar-refractivity contribution in [3.63, 3.8) is 0 Å². The second-order valence-electron chi connectivity index (χ2n) is 8.41. The van der Waals surface area contributed by atoms with Crippen LogP contribution in [0.1, 0.15) is 35.3 Å². The molecular formula is C25H27N3O2. The van der Waals surface area contributed by atoms with Gasteiger partial charge in [-0.1, -0.05) is 55.0 Å². The van der Waals surface area contributed by atoms with Crippen molar-refractivity contribution in [3.8, 4) is 0 Å². The van der Waals surface area contributed by atoms with Crippen molar-refractivity contribution in [1.29, 1.82) is 0 Å². The summed E-state index contributed by atoms with van der Waals surface area (Å²) in [5, 5.41) is 1.08. The Hall–Kier alpha value is -3.08. The molecule has 2 heterocycles. The largest absolute Gasteiger partial charge is 0.339 e. The van der Waals surface area contributed by atoms with E-state index in [1.807, 2.05) is 46.2 Å². The standard InChI is InChI=1S/C25H27N3O2/c29-24(20-10-6-11-20)26-13-15-27(16-14-26)25(30)23-17-21-9-4-5-12-22(21)28(23)18-19-7-2-1-3-8-19/h1-5,7-9,12,17,20H,6,10-11,13-16,18H2. The van der Waals surface area contributed by atoms with Crippen molar-refractivity contribution in [2.75, 3.05) is 26.2 Å². The van der Waals surface area contributed by atoms with Gasteiger partial charge in [-0.2, -0.15) is 0 Å². The zero-order valence-corrected chi connectivity index (χ0v) is 17.2. The molecule has 30 heavy (non-hydrogen) atoms. The lowest BCUT2D eigenvalue weighted by molar-refractivity contribution is -0.139. The Labute approximate surface area is 176 Å². The number of rotatable bonds is 4. The number of aromatic nitrogens is 1. The van der Waals surface area contributed by atoms with Crippen molar-refractivity contribution in [2.45, 2.75) is 25.8 Å². The van der Waals surface area contributed by atoms with Crippen LogP contribution in [0, 0.1) is 5.92 Å². The molecule has 2 amide bonds. The second-order valence-corrected chi connectivity index (χ2v) is 8.41. The van der Waals surface area contributed by atoms with Crippen LogP contribution in [0.2, 0.25) is 0 Å². The Morgan fingerprint density at radius 2 is 1.50 bits per heavy atom. The predicted octanol–water partition coefficient (Wildman–Crippen LogP) is 3.77. The fraction of sp³-hybridized carbons (Fsp3) is 0.360. The smallest absolute Gasteiger partial charge is 0.270 e. The number of nitrogens with zero attached hydrogens (tertiary/aromatic N) is 3. The van der Waals surface area contributed by atoms with Gasteiger partial charge in [0.2, 0.25) is 5.91 Å². The van der Waals surface area contributed by atoms with Crippen LogP contribution < -0.4 is 0 Å². The summed E-state index contributed by atoms with van der Waals surface area (Å²) in [6.07, 6.45) is 3.22. The molecule has 5 rings (SSSR count). The number of benzene rings is 2. The summed E-state index contributed by atoms with van der Waals surface area (Å²) < 4.78 is 2.12. The Morgan fingerprint density at radius 1 is 0.833 bits per heavy atom. The highest BCUT2D eigenvalue weighted by molar-refractivity contribution is 5.99. The van der Waals surface area contributed by atoms with Gasteiger partial charge in [-0.3, -0.25) is 9.59 Å². The SMILES string of the molecule is O=C(c1cc2ccccc2n1Cc1ccccc1)N1CCN(C(=O)C2CCC2)CC1. The van der Waals surface area contributed by atoms with Crippen LogP contribution in [0.4, 0.5) is 0 Å². The van der Waals surface area contributed by atoms with Gasteiger partial charge in [0.15, 0.2) is 0 Å². The quantitative estimate of drug-likeness (QED) is 0.668. The number of hydrogen-bond acceptors (Lipinski definition) is 2. The summed E-state index contributed by atoms with van der Waals surface area (Å²) in [5.41, 5.74) is 2.96. The molecule has 5 nitrogen and oxygen atoms in total. The van der Waals surface area contributed by atoms with Crippen LogP contribution >= 0.6 is 0 Å². The molecular weight excluding hydrogens is 374 g/mol. The summed E-state index contributed by atoms with van der Waals surface area (Å²) in [6.45, 7) is 3.14. The molecule has 1 aromatic heterocycles. The van der Waals surface area contributed by atoms with Crippen LogP contribution in [-0.2, 0) is 11.3 Å². The van der Waals surface area contributed by atoms with Gasteiger partial charge < -0.3 is 14.4 Å². The third kappa shape index (κ3) is 3.49. The lowest BCUT2D eigenvalue weighted by Gasteiger charge is -2.38. The molecule has 2 aromatic carbocycles. The van der Waals surface area contributed by atoms with E-state index in [2.05, 4.69) is 28.8 Å². The van der Waals surface area contributed by atoms with Crippen molar-refractivity contribution in [2.24, 2.45) is 5.92 Å². The van der Waals surface area contributed by atoms with Crippen LogP contribution in [0.5, 0.6) is 0 Å². The van der Waals surface area contributed by atoms with Crippen molar-refractivity contribution in [1.82, 2.24) is 14.4 Å². The highest BCUT2D eigenvalue weighted by atomic mass is 16.2. The second kappa shape index (κ2) is 7.98. The molecule has 154 valence electrons. The zero-order valence-electron chi connectivity index (χ0n) is 17.2. The molecule has 0 spiro atoms. The molecule has 0 atom stereocenters. The van der Waals surface area contributed by atoms with E-state index in [4.69, 9.17) is 0 Å². The fourth-order valence-electron chi connectivity index (χ4n) is 4.53. The monoisotopic (exact) mass is 401 g/mol. The summed E-state index contributed by atoms with van der Waals surface area (Å²) in [7, 11) is 0. The summed E-state index contributed by atoms with van der Waals surface area (Å²) in [4.78, 5) is 29.8. The van der Waals surface area contributed by atoms with Crippen LogP contribution in [0.15, 0.2) is 60.7 Å². The van der Waals surface area contributed by atoms with E-state index in [0.717, 1.165) is 29.4 Å². The Balaban J connectivity index is 1.37. The highest BCUT2D eigenvalue weighted by Gasteiger charge is 2.32. The number of piperazine rings is 1. The first-order chi connectivity index (χ1) is 14.7. The first kappa shape index (κ1) is 18.9. The van der Waals surface area contributed by atoms with Crippen LogP contribution in [-0.4, -0.2) is 52.4 Å². The first-order valence-corrected chi connectivity index (χ1v) is 10.9. The number of amides is 2. The van der Waals surface area contributed by atoms with E-state index in [1.165, 1.54) is 12.0 Å². The number of para-hydroxylation sites is 1. The lowest BCUT2D eigenvalue weighted by atomic mass is 9.84. The molecule has 5 heteroatoms. The average Bonchev–Trinajstić information content (AvgIpc) is 3.11. The van der Waals surface area contributed by atoms with E-state index in [0.29, 0.717) is 32.7 Å². The van der Waals surface area contributed by atoms with E-state index in [-0.39, 0.29) is 17.7 Å². The lowest BCUT2D eigenvalue weighted by Crippen LogP contribution is -2.52. The molecule has 2 fully saturated rings. The molecule has 1 saturated carbocycles. The van der Waals surface area contributed by atoms with E-state index in [1.54, 1.807) is 0 Å². The first-order valence-electron chi connectivity index (χ1n) is 10.9. The van der Waals surface area contributed by atoms with E-state index >= 15 is 0 Å². The molecule has 0 N–H and O–H groups in total. The highest BCUT2D eigenvalue weighted by Crippen LogP contribution is 2.29. The minimum atomic E-state index is 0.0536. The molecule has 1 aliphatic heterocycles. The van der Waals surface area contributed by atoms with E-state index in [9.17, 15) is 9.59 Å². The summed E-state index contributed by atoms with van der Waals surface area (Å²) >= 11 is 0. The van der Waals surface area contributed by atoms with Crippen molar-refractivity contribution < 1.29 is 9.59 Å². The molecule has 0 bridgehead atoms. The number of fused-ring (bicyclic) bond motifs is 1. The number of hydrogen-bond donors (Lipinski definition) is 0. The summed E-state index contributed by atoms with van der Waals surface area (Å²) in [6, 6.07) is 20.4. The predicted molar refractivity (Wildman–Crippen MR) is 117 cm³/mol. The van der Waals surface area contributed by atoms with Gasteiger partial charge in [0.05, 0.1) is 0 Å². The fourth-order valence-corrected chi connectivity index (χ4v) is 4.53. The zero-order chi connectivity index (χ0) is 20.5. The number of carbonyl (C=O) groups is 2. The van der Waals surface area contributed by atoms with Crippen LogP contribution in [0.25, 0.3) is 10.9 Å². The molecule has 1 saturated heterocycles. The molecule has 0 unspecified atom stereocenters. The summed E-state index contributed by atoms with van der Waals surface area (Å²) in [5.74, 6) is 0.560. The maximum absolute atomic E-state index is 13.5. The Bertz CT molecular complexity index is 1060. The maximum Gasteiger partial charge on any atom is 0.270 e. The normalized spacial score (nSPS) is 17.2. The molecule has 2 aliphatic rings. The van der Waals surface area contributed by atoms with Gasteiger partial charge in [0.1, 0.15) is 5.69 Å². The van der Waals surface area contributed by atoms with Gasteiger partial charge in [0.25, 0.3) is 5.91 Å². The van der Waals surface area contributed by atoms with Gasteiger partial charge in [0, 0.05) is 49.5 Å². The van der Waals surface area contributed by atoms with E-state index < -0.39 is 0 Å². The third-order valence-corrected chi connectivity index (χ3v) is 6.55. The van der Waals surface area contributed by atoms with Gasteiger partial charge >= 0.3 is 0 Å². The molecule has 0 radical (unpaired) electrons. The Morgan fingerprint density at radius 3 is 2.20 bits per heavy atom. The van der Waals surface area contributed by atoms with Crippen molar-refractivity contribution in [3.05, 3.63) is 71.9 Å². The average molecular weight is 402 g/mol. The third-order valence-electron chi connectivity index (χ3n) is 6.55. The van der Waals surface area contributed by atoms with Gasteiger partial charge in [-0.15, -0.1) is 0 Å². The van der Waals surface area contributed by atoms with Crippen molar-refractivity contribution >= 4 is 22.7 Å². The topological polar surface area (TPSA) is 45.6 Å². The molecule has 3 aromatic rings. The minimum Gasteiger partial charge on any atom is -0.339 e. The van der Waals surface area contributed by atoms with Gasteiger partial charge in [-0.25, -0.2) is 0 Å². The minimum absolute atomic E-state index is 0.0536. The molecule has 1 aliphatic carbocycles.